The van der Waals surface area contributed by atoms with E-state index in [1.807, 2.05) is 30.3 Å². The Bertz CT molecular complexity index is 546. The van der Waals surface area contributed by atoms with Crippen molar-refractivity contribution in [2.75, 3.05) is 0 Å². The molecule has 1 saturated carbocycles. The Morgan fingerprint density at radius 1 is 1.19 bits per heavy atom. The Morgan fingerprint density at radius 2 is 1.90 bits per heavy atom. The van der Waals surface area contributed by atoms with Crippen LogP contribution in [0.5, 0.6) is 0 Å². The summed E-state index contributed by atoms with van der Waals surface area (Å²) in [5.74, 6) is -1.14. The van der Waals surface area contributed by atoms with Gasteiger partial charge in [0, 0.05) is 12.0 Å². The largest absolute Gasteiger partial charge is 0.480 e. The second-order valence-corrected chi connectivity index (χ2v) is 5.54. The van der Waals surface area contributed by atoms with E-state index in [9.17, 15) is 19.8 Å². The van der Waals surface area contributed by atoms with E-state index >= 15 is 0 Å². The van der Waals surface area contributed by atoms with Gasteiger partial charge in [0.15, 0.2) is 6.04 Å². The maximum atomic E-state index is 11.5. The van der Waals surface area contributed by atoms with Gasteiger partial charge in [-0.2, -0.15) is 0 Å². The van der Waals surface area contributed by atoms with Crippen LogP contribution in [0.3, 0.4) is 0 Å². The van der Waals surface area contributed by atoms with Crippen LogP contribution < -0.4 is 0 Å². The molecule has 0 spiro atoms. The average Bonchev–Trinajstić information content (AvgIpc) is 2.65. The summed E-state index contributed by atoms with van der Waals surface area (Å²) in [5.41, 5.74) is 0.950. The first-order chi connectivity index (χ1) is 10.1. The van der Waals surface area contributed by atoms with Gasteiger partial charge < -0.3 is 14.9 Å². The van der Waals surface area contributed by atoms with E-state index in [1.165, 1.54) is 0 Å². The fourth-order valence-corrected chi connectivity index (χ4v) is 3.34. The predicted molar refractivity (Wildman–Crippen MR) is 72.8 cm³/mol. The molecule has 2 fully saturated rings. The molecule has 112 valence electrons. The molecule has 1 amide bonds. The van der Waals surface area contributed by atoms with Gasteiger partial charge in [-0.05, 0) is 18.4 Å². The molecule has 3 rings (SSSR count). The number of likely N-dealkylation sites (tertiary alicyclic amines) is 1. The molecule has 6 nitrogen and oxygen atoms in total. The molecule has 0 radical (unpaired) electrons. The van der Waals surface area contributed by atoms with Gasteiger partial charge in [0.25, 0.3) is 0 Å². The van der Waals surface area contributed by atoms with Crippen molar-refractivity contribution >= 4 is 12.1 Å². The highest BCUT2D eigenvalue weighted by molar-refractivity contribution is 5.81. The molecule has 2 aliphatic rings. The van der Waals surface area contributed by atoms with Crippen LogP contribution in [0, 0.1) is 5.92 Å². The zero-order valence-electron chi connectivity index (χ0n) is 11.4. The van der Waals surface area contributed by atoms with Crippen LogP contribution in [0.2, 0.25) is 0 Å². The van der Waals surface area contributed by atoms with E-state index in [-0.39, 0.29) is 12.0 Å². The summed E-state index contributed by atoms with van der Waals surface area (Å²) in [5, 5.41) is 18.6. The third-order valence-corrected chi connectivity index (χ3v) is 4.44. The molecule has 6 heteroatoms. The lowest BCUT2D eigenvalue weighted by Gasteiger charge is -2.35. The number of nitrogens with zero attached hydrogens (tertiary/aromatic N) is 1. The smallest absolute Gasteiger partial charge is 0.408 e. The molecule has 1 saturated heterocycles. The molecule has 0 aromatic heterocycles. The van der Waals surface area contributed by atoms with E-state index < -0.39 is 24.2 Å². The first-order valence-electron chi connectivity index (χ1n) is 6.99. The zero-order valence-corrected chi connectivity index (χ0v) is 11.4. The fraction of sp³-hybridized carbons (Fsp3) is 0.467. The maximum absolute atomic E-state index is 11.5. The quantitative estimate of drug-likeness (QED) is 0.883. The Morgan fingerprint density at radius 3 is 2.43 bits per heavy atom. The highest BCUT2D eigenvalue weighted by Crippen LogP contribution is 2.45. The van der Waals surface area contributed by atoms with Gasteiger partial charge in [-0.25, -0.2) is 9.59 Å². The van der Waals surface area contributed by atoms with E-state index in [0.29, 0.717) is 13.0 Å². The number of hydrogen-bond acceptors (Lipinski definition) is 3. The van der Waals surface area contributed by atoms with Crippen molar-refractivity contribution in [3.63, 3.8) is 0 Å². The minimum atomic E-state index is -1.18. The molecule has 0 bridgehead atoms. The number of rotatable bonds is 4. The number of carboxylic acid groups (broad SMARTS) is 2. The topological polar surface area (TPSA) is 87.1 Å². The van der Waals surface area contributed by atoms with E-state index in [2.05, 4.69) is 0 Å². The van der Waals surface area contributed by atoms with Crippen LogP contribution in [0.1, 0.15) is 18.4 Å². The lowest BCUT2D eigenvalue weighted by molar-refractivity contribution is -0.146. The highest BCUT2D eigenvalue weighted by Gasteiger charge is 2.58. The monoisotopic (exact) mass is 291 g/mol. The second-order valence-electron chi connectivity index (χ2n) is 5.54. The van der Waals surface area contributed by atoms with Crippen molar-refractivity contribution in [2.24, 2.45) is 5.92 Å². The summed E-state index contributed by atoms with van der Waals surface area (Å²) >= 11 is 0. The van der Waals surface area contributed by atoms with Gasteiger partial charge in [-0.1, -0.05) is 30.3 Å². The van der Waals surface area contributed by atoms with Gasteiger partial charge in [0.05, 0.1) is 12.7 Å². The molecule has 0 unspecified atom stereocenters. The summed E-state index contributed by atoms with van der Waals surface area (Å²) in [4.78, 5) is 23.9. The summed E-state index contributed by atoms with van der Waals surface area (Å²) < 4.78 is 5.79. The number of carboxylic acids is 1. The van der Waals surface area contributed by atoms with Crippen LogP contribution >= 0.6 is 0 Å². The summed E-state index contributed by atoms with van der Waals surface area (Å²) in [6.45, 7) is 0.298. The number of aliphatic carboxylic acids is 1. The van der Waals surface area contributed by atoms with E-state index in [1.54, 1.807) is 0 Å². The normalized spacial score (nSPS) is 30.6. The summed E-state index contributed by atoms with van der Waals surface area (Å²) in [6.07, 6.45) is -0.218. The lowest BCUT2D eigenvalue weighted by Crippen LogP contribution is -2.48. The lowest BCUT2D eigenvalue weighted by atomic mass is 9.78. The van der Waals surface area contributed by atoms with Gasteiger partial charge in [-0.15, -0.1) is 0 Å². The van der Waals surface area contributed by atoms with E-state index in [0.717, 1.165) is 16.9 Å². The molecule has 2 N–H and O–H groups in total. The first-order valence-corrected chi connectivity index (χ1v) is 6.99. The van der Waals surface area contributed by atoms with Crippen molar-refractivity contribution in [3.8, 4) is 0 Å². The number of fused-ring (bicyclic) bond motifs is 1. The van der Waals surface area contributed by atoms with Crippen molar-refractivity contribution in [3.05, 3.63) is 35.9 Å². The van der Waals surface area contributed by atoms with Crippen LogP contribution in [0.4, 0.5) is 4.79 Å². The Balaban J connectivity index is 1.76. The number of carbonyl (C=O) groups is 2. The van der Waals surface area contributed by atoms with Crippen molar-refractivity contribution < 1.29 is 24.5 Å². The third-order valence-electron chi connectivity index (χ3n) is 4.44. The Labute approximate surface area is 121 Å². The SMILES string of the molecule is O=C(O)[C@H]1[C@@H](OCc2ccccc2)[C@H]2CC[C@H]2N1C(=O)O. The van der Waals surface area contributed by atoms with Gasteiger partial charge in [0.2, 0.25) is 0 Å². The van der Waals surface area contributed by atoms with E-state index in [4.69, 9.17) is 4.74 Å². The molecule has 4 atom stereocenters. The van der Waals surface area contributed by atoms with Gasteiger partial charge in [0.1, 0.15) is 0 Å². The van der Waals surface area contributed by atoms with Crippen molar-refractivity contribution in [2.45, 2.75) is 37.6 Å². The summed E-state index contributed by atoms with van der Waals surface area (Å²) in [6, 6.07) is 8.14. The minimum absolute atomic E-state index is 0.00841. The van der Waals surface area contributed by atoms with Crippen LogP contribution in [0.25, 0.3) is 0 Å². The highest BCUT2D eigenvalue weighted by atomic mass is 16.5. The van der Waals surface area contributed by atoms with Crippen molar-refractivity contribution in [1.82, 2.24) is 4.90 Å². The first kappa shape index (κ1) is 13.9. The standard InChI is InChI=1S/C15H17NO5/c17-14(18)12-13(21-8-9-4-2-1-3-5-9)10-6-7-11(10)16(12)15(19)20/h1-5,10-13H,6-8H2,(H,17,18)(H,19,20)/t10-,11+,12+,13-/m0/s1. The number of benzene rings is 1. The molecule has 1 aromatic carbocycles. The summed E-state index contributed by atoms with van der Waals surface area (Å²) in [7, 11) is 0. The number of amides is 1. The van der Waals surface area contributed by atoms with Gasteiger partial charge >= 0.3 is 12.1 Å². The molecule has 1 aliphatic heterocycles. The third kappa shape index (κ3) is 2.35. The molecule has 21 heavy (non-hydrogen) atoms. The Kier molecular flexibility index (Phi) is 3.55. The number of hydrogen-bond donors (Lipinski definition) is 2. The average molecular weight is 291 g/mol. The molecule has 1 aliphatic carbocycles. The maximum Gasteiger partial charge on any atom is 0.408 e. The van der Waals surface area contributed by atoms with Crippen LogP contribution in [-0.4, -0.2) is 45.4 Å². The molecule has 1 heterocycles. The second kappa shape index (κ2) is 5.37. The predicted octanol–water partition coefficient (Wildman–Crippen LogP) is 1.80. The minimum Gasteiger partial charge on any atom is -0.480 e. The zero-order chi connectivity index (χ0) is 15.0. The molecule has 1 aromatic rings. The van der Waals surface area contributed by atoms with Crippen LogP contribution in [-0.2, 0) is 16.1 Å². The van der Waals surface area contributed by atoms with Gasteiger partial charge in [-0.3, -0.25) is 4.90 Å². The number of ether oxygens (including phenoxy) is 1. The fourth-order valence-electron chi connectivity index (χ4n) is 3.34. The Hall–Kier alpha value is -2.08. The molecular formula is C15H17NO5. The van der Waals surface area contributed by atoms with Crippen LogP contribution in [0.15, 0.2) is 30.3 Å². The van der Waals surface area contributed by atoms with Crippen molar-refractivity contribution in [1.29, 1.82) is 0 Å². The molecular weight excluding hydrogens is 274 g/mol.